The van der Waals surface area contributed by atoms with Gasteiger partial charge in [-0.2, -0.15) is 9.67 Å². The normalized spacial score (nSPS) is 23.2. The molecule has 0 fully saturated rings. The Kier molecular flexibility index (Phi) is 3.53. The van der Waals surface area contributed by atoms with Crippen LogP contribution in [0.5, 0.6) is 0 Å². The van der Waals surface area contributed by atoms with Gasteiger partial charge in [0.15, 0.2) is 11.9 Å². The highest BCUT2D eigenvalue weighted by atomic mass is 15.5. The van der Waals surface area contributed by atoms with Crippen LogP contribution in [0, 0.1) is 0 Å². The van der Waals surface area contributed by atoms with Crippen LogP contribution in [0.4, 0.5) is 5.69 Å². The Balaban J connectivity index is 1.44. The lowest BCUT2D eigenvalue weighted by molar-refractivity contribution is -0.750. The molecule has 3 heterocycles. The fourth-order valence-corrected chi connectivity index (χ4v) is 9.07. The largest absolute Gasteiger partial charge is 0.258 e. The van der Waals surface area contributed by atoms with Crippen LogP contribution >= 0.6 is 0 Å². The number of nitrogens with zero attached hydrogens (tertiary/aromatic N) is 3. The van der Waals surface area contributed by atoms with Gasteiger partial charge in [-0.25, -0.2) is 0 Å². The molecule has 4 aromatic carbocycles. The van der Waals surface area contributed by atoms with Crippen LogP contribution in [0.15, 0.2) is 102 Å². The van der Waals surface area contributed by atoms with Crippen molar-refractivity contribution in [1.82, 2.24) is 0 Å². The second-order valence-electron chi connectivity index (χ2n) is 11.8. The highest BCUT2D eigenvalue weighted by Gasteiger charge is 2.64. The molecule has 184 valence electrons. The zero-order valence-electron chi connectivity index (χ0n) is 21.6. The van der Waals surface area contributed by atoms with Gasteiger partial charge in [-0.05, 0) is 69.0 Å². The number of rotatable bonds is 1. The predicted molar refractivity (Wildman–Crippen MR) is 153 cm³/mol. The molecular weight excluding hydrogens is 474 g/mol. The maximum atomic E-state index is 4.60. The molecular formula is C36H26N3+. The van der Waals surface area contributed by atoms with Gasteiger partial charge < -0.3 is 0 Å². The van der Waals surface area contributed by atoms with Crippen molar-refractivity contribution in [2.45, 2.75) is 30.2 Å². The third kappa shape index (κ3) is 2.18. The van der Waals surface area contributed by atoms with Gasteiger partial charge >= 0.3 is 0 Å². The Morgan fingerprint density at radius 2 is 1.36 bits per heavy atom. The minimum absolute atomic E-state index is 0.231. The molecule has 3 atom stereocenters. The Hall–Kier alpha value is -4.50. The van der Waals surface area contributed by atoms with Crippen LogP contribution in [0.1, 0.15) is 78.7 Å². The van der Waals surface area contributed by atoms with E-state index in [0.29, 0.717) is 0 Å². The third-order valence-corrected chi connectivity index (χ3v) is 10.3. The topological polar surface area (TPSA) is 19.5 Å². The van der Waals surface area contributed by atoms with Crippen molar-refractivity contribution in [3.63, 3.8) is 0 Å². The summed E-state index contributed by atoms with van der Waals surface area (Å²) in [7, 11) is 0. The maximum Gasteiger partial charge on any atom is 0.241 e. The first kappa shape index (κ1) is 20.5. The molecule has 3 aliphatic carbocycles. The van der Waals surface area contributed by atoms with E-state index in [0.717, 1.165) is 19.4 Å². The molecule has 39 heavy (non-hydrogen) atoms. The van der Waals surface area contributed by atoms with Gasteiger partial charge in [-0.15, -0.1) is 0 Å². The van der Waals surface area contributed by atoms with Gasteiger partial charge in [-0.1, -0.05) is 72.8 Å². The molecule has 1 spiro atoms. The van der Waals surface area contributed by atoms with Gasteiger partial charge in [0.1, 0.15) is 6.54 Å². The Morgan fingerprint density at radius 3 is 2.13 bits per heavy atom. The summed E-state index contributed by atoms with van der Waals surface area (Å²) in [5.41, 5.74) is 18.6. The number of anilines is 1. The Bertz CT molecular complexity index is 1930. The average Bonchev–Trinajstić information content (AvgIpc) is 3.33. The molecule has 0 bridgehead atoms. The van der Waals surface area contributed by atoms with Gasteiger partial charge in [0.05, 0.1) is 17.2 Å². The molecule has 3 nitrogen and oxygen atoms in total. The number of benzene rings is 4. The number of aromatic nitrogens is 1. The van der Waals surface area contributed by atoms with Crippen LogP contribution in [0.3, 0.4) is 0 Å². The van der Waals surface area contributed by atoms with Crippen LogP contribution < -0.4 is 9.58 Å². The minimum Gasteiger partial charge on any atom is -0.258 e. The van der Waals surface area contributed by atoms with Crippen molar-refractivity contribution in [3.8, 4) is 0 Å². The number of hydrazone groups is 1. The monoisotopic (exact) mass is 500 g/mol. The molecule has 0 amide bonds. The van der Waals surface area contributed by atoms with E-state index in [1.54, 1.807) is 16.7 Å². The van der Waals surface area contributed by atoms with E-state index in [9.17, 15) is 0 Å². The first-order valence-electron chi connectivity index (χ1n) is 14.0. The van der Waals surface area contributed by atoms with Gasteiger partial charge in [-0.3, -0.25) is 5.01 Å². The molecule has 0 N–H and O–H groups in total. The number of fused-ring (bicyclic) bond motifs is 7. The average molecular weight is 501 g/mol. The molecule has 0 radical (unpaired) electrons. The molecule has 5 aromatic rings. The SMILES string of the molecule is C=NN1CC23c4c(cccc41)C1c4ccccc4Cc4cc5c(c2c41)C(c1ccccc1C5)c1cccc[n+]13. The van der Waals surface area contributed by atoms with Gasteiger partial charge in [0.2, 0.25) is 5.54 Å². The van der Waals surface area contributed by atoms with Crippen molar-refractivity contribution >= 4 is 12.4 Å². The lowest BCUT2D eigenvalue weighted by atomic mass is 9.57. The number of hydrogen-bond donors (Lipinski definition) is 0. The van der Waals surface area contributed by atoms with Gasteiger partial charge in [0.25, 0.3) is 0 Å². The number of pyridine rings is 1. The van der Waals surface area contributed by atoms with E-state index in [2.05, 4.69) is 119 Å². The summed E-state index contributed by atoms with van der Waals surface area (Å²) >= 11 is 0. The first-order chi connectivity index (χ1) is 19.3. The molecule has 5 aliphatic rings. The quantitative estimate of drug-likeness (QED) is 0.200. The van der Waals surface area contributed by atoms with E-state index in [1.807, 2.05) is 0 Å². The molecule has 0 saturated heterocycles. The van der Waals surface area contributed by atoms with E-state index < -0.39 is 0 Å². The lowest BCUT2D eigenvalue weighted by Crippen LogP contribution is -2.66. The smallest absolute Gasteiger partial charge is 0.241 e. The van der Waals surface area contributed by atoms with Crippen LogP contribution in [0.25, 0.3) is 0 Å². The first-order valence-corrected chi connectivity index (χ1v) is 14.0. The highest BCUT2D eigenvalue weighted by molar-refractivity contribution is 5.79. The van der Waals surface area contributed by atoms with E-state index in [-0.39, 0.29) is 17.4 Å². The zero-order valence-corrected chi connectivity index (χ0v) is 21.6. The summed E-state index contributed by atoms with van der Waals surface area (Å²) in [6.07, 6.45) is 4.32. The summed E-state index contributed by atoms with van der Waals surface area (Å²) in [5, 5.41) is 6.76. The molecule has 1 aromatic heterocycles. The van der Waals surface area contributed by atoms with Crippen molar-refractivity contribution in [2.75, 3.05) is 11.6 Å². The fraction of sp³-hybridized carbons (Fsp3) is 0.167. The third-order valence-electron chi connectivity index (χ3n) is 10.3. The van der Waals surface area contributed by atoms with Crippen LogP contribution in [0.2, 0.25) is 0 Å². The fourth-order valence-electron chi connectivity index (χ4n) is 9.07. The summed E-state index contributed by atoms with van der Waals surface area (Å²) in [6.45, 7) is 4.81. The molecule has 3 unspecified atom stereocenters. The second kappa shape index (κ2) is 6.73. The summed E-state index contributed by atoms with van der Waals surface area (Å²) in [5.74, 6) is 0.469. The van der Waals surface area contributed by atoms with Gasteiger partial charge in [0, 0.05) is 30.3 Å². The predicted octanol–water partition coefficient (Wildman–Crippen LogP) is 6.00. The van der Waals surface area contributed by atoms with Crippen molar-refractivity contribution in [2.24, 2.45) is 5.10 Å². The van der Waals surface area contributed by atoms with Crippen LogP contribution in [-0.2, 0) is 18.4 Å². The minimum atomic E-state index is -0.329. The second-order valence-corrected chi connectivity index (χ2v) is 11.8. The van der Waals surface area contributed by atoms with Crippen molar-refractivity contribution < 1.29 is 4.57 Å². The summed E-state index contributed by atoms with van der Waals surface area (Å²) < 4.78 is 2.62. The zero-order chi connectivity index (χ0) is 25.5. The molecule has 2 aliphatic heterocycles. The van der Waals surface area contributed by atoms with Crippen molar-refractivity contribution in [1.29, 1.82) is 0 Å². The standard InChI is InChI=1S/C36H26N3/c1-37-39-20-36-34-27(13-8-15-29(34)39)32-25-11-4-2-9-21(25)17-23-19-24-18-22-10-3-5-12-26(22)33(31(24)35(36)30(23)32)28-14-6-7-16-38(28)36/h2-16,19,32-33H,1,17-18,20H2/q+1. The van der Waals surface area contributed by atoms with Crippen LogP contribution in [-0.4, -0.2) is 13.3 Å². The highest BCUT2D eigenvalue weighted by Crippen LogP contribution is 2.62. The van der Waals surface area contributed by atoms with E-state index in [4.69, 9.17) is 0 Å². The van der Waals surface area contributed by atoms with Crippen molar-refractivity contribution in [3.05, 3.63) is 164 Å². The molecule has 10 rings (SSSR count). The van der Waals surface area contributed by atoms with E-state index in [1.165, 1.54) is 55.9 Å². The Morgan fingerprint density at radius 1 is 0.692 bits per heavy atom. The number of hydrogen-bond acceptors (Lipinski definition) is 2. The summed E-state index contributed by atoms with van der Waals surface area (Å²) in [6, 6.07) is 34.5. The lowest BCUT2D eigenvalue weighted by Gasteiger charge is -2.47. The van der Waals surface area contributed by atoms with E-state index >= 15 is 0 Å². The maximum absolute atomic E-state index is 4.60. The summed E-state index contributed by atoms with van der Waals surface area (Å²) in [4.78, 5) is 0. The molecule has 3 heteroatoms. The Labute approximate surface area is 227 Å². The molecule has 0 saturated carbocycles.